The molecule has 4 nitrogen and oxygen atoms in total. The number of fused-ring (bicyclic) bond motifs is 1. The van der Waals surface area contributed by atoms with Crippen LogP contribution in [0.3, 0.4) is 0 Å². The number of likely N-dealkylation sites (N-methyl/N-ethyl adjacent to an activating group) is 1. The molecule has 2 aromatic rings. The second-order valence-corrected chi connectivity index (χ2v) is 6.64. The largest absolute Gasteiger partial charge is 0.297 e. The van der Waals surface area contributed by atoms with Gasteiger partial charge in [0.2, 0.25) is 0 Å². The molecule has 1 unspecified atom stereocenters. The summed E-state index contributed by atoms with van der Waals surface area (Å²) in [7, 11) is 2.05. The van der Waals surface area contributed by atoms with E-state index in [2.05, 4.69) is 29.1 Å². The quantitative estimate of drug-likeness (QED) is 0.868. The van der Waals surface area contributed by atoms with Gasteiger partial charge in [-0.15, -0.1) is 0 Å². The first-order valence-corrected chi connectivity index (χ1v) is 8.61. The number of aromatic nitrogens is 2. The number of carbonyl (C=O) groups is 1. The van der Waals surface area contributed by atoms with Gasteiger partial charge in [-0.25, -0.2) is 0 Å². The minimum Gasteiger partial charge on any atom is -0.297 e. The van der Waals surface area contributed by atoms with Crippen LogP contribution in [-0.2, 0) is 17.8 Å². The van der Waals surface area contributed by atoms with Crippen LogP contribution in [0.15, 0.2) is 24.3 Å². The van der Waals surface area contributed by atoms with Crippen LogP contribution in [0.4, 0.5) is 0 Å². The van der Waals surface area contributed by atoms with E-state index >= 15 is 0 Å². The number of para-hydroxylation sites is 1. The highest BCUT2D eigenvalue weighted by Gasteiger charge is 2.27. The molecule has 1 aromatic heterocycles. The molecule has 0 N–H and O–H groups in total. The molecule has 1 atom stereocenters. The predicted molar refractivity (Wildman–Crippen MR) is 87.9 cm³/mol. The monoisotopic (exact) mass is 303 g/mol. The van der Waals surface area contributed by atoms with Crippen molar-refractivity contribution in [2.45, 2.75) is 25.9 Å². The molecular formula is C16H21N3OS. The molecule has 0 amide bonds. The summed E-state index contributed by atoms with van der Waals surface area (Å²) >= 11 is 1.87. The van der Waals surface area contributed by atoms with Gasteiger partial charge in [0, 0.05) is 30.0 Å². The van der Waals surface area contributed by atoms with E-state index in [0.29, 0.717) is 6.42 Å². The van der Waals surface area contributed by atoms with Crippen LogP contribution < -0.4 is 0 Å². The summed E-state index contributed by atoms with van der Waals surface area (Å²) in [5.74, 6) is 2.31. The standard InChI is InChI=1S/C16H21N3OS/c1-3-19-14-7-5-4-6-12(14)13(17-19)10-16(20)15-11-21-9-8-18(15)2/h4-7,15H,3,8-11H2,1-2H3. The number of Topliss-reactive ketones (excluding diaryl/α,β-unsaturated/α-hetero) is 1. The summed E-state index contributed by atoms with van der Waals surface area (Å²) < 4.78 is 1.98. The summed E-state index contributed by atoms with van der Waals surface area (Å²) in [6, 6.07) is 8.21. The molecule has 1 aromatic carbocycles. The van der Waals surface area contributed by atoms with Crippen molar-refractivity contribution in [2.24, 2.45) is 0 Å². The van der Waals surface area contributed by atoms with Gasteiger partial charge in [-0.2, -0.15) is 16.9 Å². The third-order valence-electron chi connectivity index (χ3n) is 4.14. The number of thioether (sulfide) groups is 1. The van der Waals surface area contributed by atoms with Gasteiger partial charge >= 0.3 is 0 Å². The van der Waals surface area contributed by atoms with E-state index in [-0.39, 0.29) is 11.8 Å². The van der Waals surface area contributed by atoms with Gasteiger partial charge in [-0.05, 0) is 20.0 Å². The van der Waals surface area contributed by atoms with Crippen LogP contribution in [-0.4, -0.2) is 51.6 Å². The second-order valence-electron chi connectivity index (χ2n) is 5.49. The Kier molecular flexibility index (Phi) is 4.31. The lowest BCUT2D eigenvalue weighted by molar-refractivity contribution is -0.122. The molecule has 5 heteroatoms. The maximum Gasteiger partial charge on any atom is 0.156 e. The molecule has 21 heavy (non-hydrogen) atoms. The van der Waals surface area contributed by atoms with Crippen molar-refractivity contribution in [2.75, 3.05) is 25.1 Å². The van der Waals surface area contributed by atoms with Crippen LogP contribution in [0.2, 0.25) is 0 Å². The number of aryl methyl sites for hydroxylation is 1. The second kappa shape index (κ2) is 6.20. The van der Waals surface area contributed by atoms with Crippen molar-refractivity contribution in [1.82, 2.24) is 14.7 Å². The first kappa shape index (κ1) is 14.6. The third kappa shape index (κ3) is 2.85. The lowest BCUT2D eigenvalue weighted by Gasteiger charge is -2.30. The lowest BCUT2D eigenvalue weighted by atomic mass is 10.1. The van der Waals surface area contributed by atoms with Crippen molar-refractivity contribution < 1.29 is 4.79 Å². The van der Waals surface area contributed by atoms with Crippen molar-refractivity contribution in [3.8, 4) is 0 Å². The third-order valence-corrected chi connectivity index (χ3v) is 5.17. The minimum absolute atomic E-state index is 0.0364. The Morgan fingerprint density at radius 1 is 1.43 bits per heavy atom. The summed E-state index contributed by atoms with van der Waals surface area (Å²) in [6.45, 7) is 3.90. The first-order valence-electron chi connectivity index (χ1n) is 7.46. The average molecular weight is 303 g/mol. The maximum absolute atomic E-state index is 12.6. The van der Waals surface area contributed by atoms with Crippen LogP contribution >= 0.6 is 11.8 Å². The van der Waals surface area contributed by atoms with Gasteiger partial charge < -0.3 is 0 Å². The first-order chi connectivity index (χ1) is 10.2. The zero-order valence-electron chi connectivity index (χ0n) is 12.6. The Bertz CT molecular complexity index is 652. The van der Waals surface area contributed by atoms with Gasteiger partial charge in [-0.3, -0.25) is 14.4 Å². The van der Waals surface area contributed by atoms with E-state index in [1.807, 2.05) is 35.6 Å². The van der Waals surface area contributed by atoms with Gasteiger partial charge in [0.05, 0.1) is 23.7 Å². The lowest BCUT2D eigenvalue weighted by Crippen LogP contribution is -2.45. The average Bonchev–Trinajstić information content (AvgIpc) is 2.86. The molecule has 1 saturated heterocycles. The molecule has 1 aliphatic heterocycles. The van der Waals surface area contributed by atoms with E-state index < -0.39 is 0 Å². The number of hydrogen-bond acceptors (Lipinski definition) is 4. The van der Waals surface area contributed by atoms with Gasteiger partial charge in [0.1, 0.15) is 0 Å². The van der Waals surface area contributed by atoms with E-state index in [1.54, 1.807) is 0 Å². The van der Waals surface area contributed by atoms with Crippen molar-refractivity contribution >= 4 is 28.4 Å². The molecule has 0 bridgehead atoms. The molecule has 0 aliphatic carbocycles. The molecule has 112 valence electrons. The van der Waals surface area contributed by atoms with Crippen LogP contribution in [0.1, 0.15) is 12.6 Å². The summed E-state index contributed by atoms with van der Waals surface area (Å²) in [5, 5.41) is 5.75. The fraction of sp³-hybridized carbons (Fsp3) is 0.500. The Morgan fingerprint density at radius 2 is 2.24 bits per heavy atom. The highest BCUT2D eigenvalue weighted by molar-refractivity contribution is 7.99. The molecule has 1 aliphatic rings. The van der Waals surface area contributed by atoms with Gasteiger partial charge in [0.25, 0.3) is 0 Å². The SMILES string of the molecule is CCn1nc(CC(=O)C2CSCCN2C)c2ccccc21. The number of rotatable bonds is 4. The molecule has 0 saturated carbocycles. The van der Waals surface area contributed by atoms with Crippen molar-refractivity contribution in [1.29, 1.82) is 0 Å². The topological polar surface area (TPSA) is 38.1 Å². The van der Waals surface area contributed by atoms with E-state index in [9.17, 15) is 4.79 Å². The molecule has 3 rings (SSSR count). The van der Waals surface area contributed by atoms with Crippen LogP contribution in [0.25, 0.3) is 10.9 Å². The van der Waals surface area contributed by atoms with Crippen molar-refractivity contribution in [3.63, 3.8) is 0 Å². The Morgan fingerprint density at radius 3 is 3.00 bits per heavy atom. The molecular weight excluding hydrogens is 282 g/mol. The Hall–Kier alpha value is -1.33. The number of carbonyl (C=O) groups excluding carboxylic acids is 1. The van der Waals surface area contributed by atoms with Crippen molar-refractivity contribution in [3.05, 3.63) is 30.0 Å². The van der Waals surface area contributed by atoms with E-state index in [4.69, 9.17) is 0 Å². The Balaban J connectivity index is 1.86. The molecule has 2 heterocycles. The zero-order valence-corrected chi connectivity index (χ0v) is 13.4. The zero-order chi connectivity index (χ0) is 14.8. The number of nitrogens with zero attached hydrogens (tertiary/aromatic N) is 3. The Labute approximate surface area is 129 Å². The summed E-state index contributed by atoms with van der Waals surface area (Å²) in [4.78, 5) is 14.8. The maximum atomic E-state index is 12.6. The van der Waals surface area contributed by atoms with Gasteiger partial charge in [-0.1, -0.05) is 18.2 Å². The smallest absolute Gasteiger partial charge is 0.156 e. The minimum atomic E-state index is 0.0364. The molecule has 0 radical (unpaired) electrons. The van der Waals surface area contributed by atoms with Crippen LogP contribution in [0.5, 0.6) is 0 Å². The van der Waals surface area contributed by atoms with Crippen LogP contribution in [0, 0.1) is 0 Å². The highest BCUT2D eigenvalue weighted by atomic mass is 32.2. The number of ketones is 1. The highest BCUT2D eigenvalue weighted by Crippen LogP contribution is 2.21. The summed E-state index contributed by atoms with van der Waals surface area (Å²) in [5.41, 5.74) is 2.04. The molecule has 1 fully saturated rings. The fourth-order valence-electron chi connectivity index (χ4n) is 2.88. The molecule has 0 spiro atoms. The summed E-state index contributed by atoms with van der Waals surface area (Å²) in [6.07, 6.45) is 0.434. The number of benzene rings is 1. The predicted octanol–water partition coefficient (Wildman–Crippen LogP) is 2.21. The van der Waals surface area contributed by atoms with E-state index in [0.717, 1.165) is 41.2 Å². The fourth-order valence-corrected chi connectivity index (χ4v) is 4.12. The normalized spacial score (nSPS) is 20.0. The number of hydrogen-bond donors (Lipinski definition) is 0. The van der Waals surface area contributed by atoms with Gasteiger partial charge in [0.15, 0.2) is 5.78 Å². The van der Waals surface area contributed by atoms with E-state index in [1.165, 1.54) is 0 Å².